The van der Waals surface area contributed by atoms with Gasteiger partial charge < -0.3 is 15.5 Å². The van der Waals surface area contributed by atoms with Crippen LogP contribution in [0.15, 0.2) is 0 Å². The standard InChI is InChI=1S/C16H30N4/c1-16(18,14-17)7-4-10-19-11-5-15(6-12-19)13-20-8-2-3-9-20/h15H,2-13,18H2,1H3. The van der Waals surface area contributed by atoms with Gasteiger partial charge in [-0.05, 0) is 84.1 Å². The summed E-state index contributed by atoms with van der Waals surface area (Å²) in [4.78, 5) is 5.20. The molecule has 0 aromatic rings. The van der Waals surface area contributed by atoms with Crippen molar-refractivity contribution in [1.29, 1.82) is 5.26 Å². The first-order chi connectivity index (χ1) is 9.59. The molecule has 2 saturated heterocycles. The van der Waals surface area contributed by atoms with Crippen molar-refractivity contribution < 1.29 is 0 Å². The molecule has 1 atom stereocenters. The van der Waals surface area contributed by atoms with Gasteiger partial charge in [-0.15, -0.1) is 0 Å². The Kier molecular flexibility index (Phi) is 5.83. The Balaban J connectivity index is 1.58. The Bertz CT molecular complexity index is 320. The van der Waals surface area contributed by atoms with Gasteiger partial charge in [0.2, 0.25) is 0 Å². The number of rotatable bonds is 6. The van der Waals surface area contributed by atoms with Crippen LogP contribution >= 0.6 is 0 Å². The molecule has 0 bridgehead atoms. The highest BCUT2D eigenvalue weighted by atomic mass is 15.2. The van der Waals surface area contributed by atoms with E-state index in [-0.39, 0.29) is 0 Å². The lowest BCUT2D eigenvalue weighted by Gasteiger charge is -2.34. The van der Waals surface area contributed by atoms with Crippen molar-refractivity contribution in [3.8, 4) is 6.07 Å². The van der Waals surface area contributed by atoms with E-state index in [1.54, 1.807) is 0 Å². The molecule has 0 saturated carbocycles. The zero-order valence-electron chi connectivity index (χ0n) is 13.0. The molecule has 20 heavy (non-hydrogen) atoms. The third kappa shape index (κ3) is 5.05. The molecule has 0 aromatic carbocycles. The minimum absolute atomic E-state index is 0.645. The van der Waals surface area contributed by atoms with Crippen molar-refractivity contribution in [1.82, 2.24) is 9.80 Å². The van der Waals surface area contributed by atoms with Crippen LogP contribution in [0.4, 0.5) is 0 Å². The first-order valence-corrected chi connectivity index (χ1v) is 8.24. The van der Waals surface area contributed by atoms with Crippen molar-refractivity contribution in [3.05, 3.63) is 0 Å². The summed E-state index contributed by atoms with van der Waals surface area (Å²) < 4.78 is 0. The van der Waals surface area contributed by atoms with Gasteiger partial charge >= 0.3 is 0 Å². The molecule has 2 aliphatic heterocycles. The second kappa shape index (κ2) is 7.40. The number of nitriles is 1. The molecule has 0 radical (unpaired) electrons. The van der Waals surface area contributed by atoms with Crippen molar-refractivity contribution >= 4 is 0 Å². The molecule has 0 aromatic heterocycles. The summed E-state index contributed by atoms with van der Waals surface area (Å²) in [6.45, 7) is 9.36. The van der Waals surface area contributed by atoms with Gasteiger partial charge in [0.05, 0.1) is 6.07 Å². The van der Waals surface area contributed by atoms with Crippen LogP contribution in [0.2, 0.25) is 0 Å². The van der Waals surface area contributed by atoms with Gasteiger partial charge in [0.1, 0.15) is 5.54 Å². The van der Waals surface area contributed by atoms with E-state index >= 15 is 0 Å². The number of hydrogen-bond acceptors (Lipinski definition) is 4. The lowest BCUT2D eigenvalue weighted by Crippen LogP contribution is -2.40. The summed E-state index contributed by atoms with van der Waals surface area (Å²) in [7, 11) is 0. The maximum absolute atomic E-state index is 8.91. The fourth-order valence-corrected chi connectivity index (χ4v) is 3.45. The largest absolute Gasteiger partial charge is 0.314 e. The minimum atomic E-state index is -0.645. The molecule has 4 heteroatoms. The molecule has 2 fully saturated rings. The Morgan fingerprint density at radius 1 is 1.15 bits per heavy atom. The van der Waals surface area contributed by atoms with Gasteiger partial charge in [-0.25, -0.2) is 0 Å². The molecule has 4 nitrogen and oxygen atoms in total. The molecule has 114 valence electrons. The number of hydrogen-bond donors (Lipinski definition) is 1. The summed E-state index contributed by atoms with van der Waals surface area (Å²) in [6, 6.07) is 2.18. The van der Waals surface area contributed by atoms with Gasteiger partial charge in [-0.3, -0.25) is 0 Å². The smallest absolute Gasteiger partial charge is 0.101 e. The van der Waals surface area contributed by atoms with E-state index in [2.05, 4.69) is 15.9 Å². The minimum Gasteiger partial charge on any atom is -0.314 e. The van der Waals surface area contributed by atoms with Crippen LogP contribution in [0.3, 0.4) is 0 Å². The fraction of sp³-hybridized carbons (Fsp3) is 0.938. The average molecular weight is 278 g/mol. The Hall–Kier alpha value is -0.630. The molecule has 0 aliphatic carbocycles. The Morgan fingerprint density at radius 3 is 2.40 bits per heavy atom. The molecule has 2 N–H and O–H groups in total. The zero-order valence-corrected chi connectivity index (χ0v) is 13.0. The average Bonchev–Trinajstić information content (AvgIpc) is 2.94. The SMILES string of the molecule is CC(N)(C#N)CCCN1CCC(CN2CCCC2)CC1. The van der Waals surface area contributed by atoms with E-state index in [1.165, 1.54) is 58.4 Å². The van der Waals surface area contributed by atoms with Crippen LogP contribution < -0.4 is 5.73 Å². The van der Waals surface area contributed by atoms with E-state index in [9.17, 15) is 0 Å². The predicted octanol–water partition coefficient (Wildman–Crippen LogP) is 1.82. The first-order valence-electron chi connectivity index (χ1n) is 8.24. The molecule has 0 spiro atoms. The lowest BCUT2D eigenvalue weighted by atomic mass is 9.95. The second-order valence-electron chi connectivity index (χ2n) is 6.93. The van der Waals surface area contributed by atoms with E-state index in [1.807, 2.05) is 6.92 Å². The molecule has 2 rings (SSSR count). The molecular formula is C16H30N4. The molecule has 0 amide bonds. The normalized spacial score (nSPS) is 25.4. The number of nitrogens with two attached hydrogens (primary N) is 1. The van der Waals surface area contributed by atoms with E-state index in [0.717, 1.165) is 25.3 Å². The van der Waals surface area contributed by atoms with E-state index < -0.39 is 5.54 Å². The fourth-order valence-electron chi connectivity index (χ4n) is 3.45. The zero-order chi connectivity index (χ0) is 14.4. The van der Waals surface area contributed by atoms with Crippen LogP contribution in [0.5, 0.6) is 0 Å². The van der Waals surface area contributed by atoms with Gasteiger partial charge in [0, 0.05) is 6.54 Å². The predicted molar refractivity (Wildman–Crippen MR) is 82.3 cm³/mol. The van der Waals surface area contributed by atoms with E-state index in [4.69, 9.17) is 11.0 Å². The molecule has 1 unspecified atom stereocenters. The summed E-state index contributed by atoms with van der Waals surface area (Å²) in [5, 5.41) is 8.91. The number of nitrogens with zero attached hydrogens (tertiary/aromatic N) is 3. The topological polar surface area (TPSA) is 56.3 Å². The first kappa shape index (κ1) is 15.8. The number of likely N-dealkylation sites (tertiary alicyclic amines) is 2. The van der Waals surface area contributed by atoms with Gasteiger partial charge in [0.25, 0.3) is 0 Å². The summed E-state index contributed by atoms with van der Waals surface area (Å²) in [6.07, 6.45) is 7.32. The van der Waals surface area contributed by atoms with Crippen LogP contribution in [-0.4, -0.2) is 54.6 Å². The van der Waals surface area contributed by atoms with Crippen LogP contribution in [-0.2, 0) is 0 Å². The number of piperidine rings is 1. The third-order valence-corrected chi connectivity index (χ3v) is 4.85. The second-order valence-corrected chi connectivity index (χ2v) is 6.93. The molecular weight excluding hydrogens is 248 g/mol. The Labute approximate surface area is 123 Å². The van der Waals surface area contributed by atoms with E-state index in [0.29, 0.717) is 0 Å². The Morgan fingerprint density at radius 2 is 1.80 bits per heavy atom. The van der Waals surface area contributed by atoms with Gasteiger partial charge in [-0.1, -0.05) is 0 Å². The monoisotopic (exact) mass is 278 g/mol. The maximum atomic E-state index is 8.91. The van der Waals surface area contributed by atoms with Crippen molar-refractivity contribution in [3.63, 3.8) is 0 Å². The summed E-state index contributed by atoms with van der Waals surface area (Å²) >= 11 is 0. The molecule has 2 heterocycles. The van der Waals surface area contributed by atoms with Crippen molar-refractivity contribution in [2.75, 3.05) is 39.3 Å². The van der Waals surface area contributed by atoms with Crippen molar-refractivity contribution in [2.45, 2.75) is 51.0 Å². The quantitative estimate of drug-likeness (QED) is 0.805. The van der Waals surface area contributed by atoms with Crippen molar-refractivity contribution in [2.24, 2.45) is 11.7 Å². The summed E-state index contributed by atoms with van der Waals surface area (Å²) in [5.74, 6) is 0.906. The van der Waals surface area contributed by atoms with Crippen LogP contribution in [0.1, 0.15) is 45.4 Å². The third-order valence-electron chi connectivity index (χ3n) is 4.85. The lowest BCUT2D eigenvalue weighted by molar-refractivity contribution is 0.151. The highest BCUT2D eigenvalue weighted by Gasteiger charge is 2.23. The van der Waals surface area contributed by atoms with Gasteiger partial charge in [0.15, 0.2) is 0 Å². The van der Waals surface area contributed by atoms with Gasteiger partial charge in [-0.2, -0.15) is 5.26 Å². The maximum Gasteiger partial charge on any atom is 0.101 e. The molecule has 2 aliphatic rings. The highest BCUT2D eigenvalue weighted by Crippen LogP contribution is 2.21. The summed E-state index contributed by atoms with van der Waals surface area (Å²) in [5.41, 5.74) is 5.22. The van der Waals surface area contributed by atoms with Crippen LogP contribution in [0, 0.1) is 17.2 Å². The highest BCUT2D eigenvalue weighted by molar-refractivity contribution is 5.00. The van der Waals surface area contributed by atoms with Crippen LogP contribution in [0.25, 0.3) is 0 Å².